The van der Waals surface area contributed by atoms with Crippen molar-refractivity contribution in [2.75, 3.05) is 0 Å². The molecule has 84 valence electrons. The van der Waals surface area contributed by atoms with Crippen LogP contribution in [-0.4, -0.2) is 11.9 Å². The summed E-state index contributed by atoms with van der Waals surface area (Å²) in [4.78, 5) is 12.1. The van der Waals surface area contributed by atoms with Crippen molar-refractivity contribution in [3.63, 3.8) is 0 Å². The minimum atomic E-state index is 0.436. The van der Waals surface area contributed by atoms with E-state index in [1.54, 1.807) is 6.42 Å². The van der Waals surface area contributed by atoms with Gasteiger partial charge in [0.15, 0.2) is 0 Å². The fourth-order valence-electron chi connectivity index (χ4n) is 6.59. The Morgan fingerprint density at radius 2 is 1.44 bits per heavy atom. The van der Waals surface area contributed by atoms with Gasteiger partial charge in [-0.05, 0) is 66.6 Å². The third-order valence-corrected chi connectivity index (χ3v) is 6.96. The quantitative estimate of drug-likeness (QED) is 0.738. The van der Waals surface area contributed by atoms with E-state index >= 15 is 0 Å². The maximum atomic E-state index is 12.1. The second kappa shape index (κ2) is 1.97. The fraction of sp³-hybridized carbons (Fsp3) is 0.929. The van der Waals surface area contributed by atoms with Gasteiger partial charge < -0.3 is 5.32 Å². The highest BCUT2D eigenvalue weighted by Gasteiger charge is 2.87. The molecule has 0 aliphatic heterocycles. The minimum Gasteiger partial charge on any atom is -0.353 e. The molecule has 7 aliphatic carbocycles. The summed E-state index contributed by atoms with van der Waals surface area (Å²) in [7, 11) is 0. The lowest BCUT2D eigenvalue weighted by Gasteiger charge is -2.15. The second-order valence-corrected chi connectivity index (χ2v) is 7.34. The average molecular weight is 215 g/mol. The summed E-state index contributed by atoms with van der Waals surface area (Å²) < 4.78 is 0. The molecule has 0 aromatic rings. The normalized spacial score (nSPS) is 70.4. The van der Waals surface area contributed by atoms with Gasteiger partial charge >= 0.3 is 0 Å². The Hall–Kier alpha value is -0.530. The van der Waals surface area contributed by atoms with Crippen molar-refractivity contribution in [2.45, 2.75) is 25.3 Å². The van der Waals surface area contributed by atoms with E-state index in [0.717, 1.165) is 47.3 Å². The maximum Gasteiger partial charge on any atom is 0.223 e. The van der Waals surface area contributed by atoms with Crippen molar-refractivity contribution >= 4 is 5.91 Å². The third kappa shape index (κ3) is 0.613. The van der Waals surface area contributed by atoms with E-state index in [9.17, 15) is 4.79 Å². The largest absolute Gasteiger partial charge is 0.353 e. The van der Waals surface area contributed by atoms with Gasteiger partial charge in [0.25, 0.3) is 0 Å². The van der Waals surface area contributed by atoms with Gasteiger partial charge in [0.05, 0.1) is 0 Å². The van der Waals surface area contributed by atoms with Gasteiger partial charge in [-0.3, -0.25) is 4.79 Å². The van der Waals surface area contributed by atoms with Crippen molar-refractivity contribution in [3.05, 3.63) is 0 Å². The summed E-state index contributed by atoms with van der Waals surface area (Å²) in [5.41, 5.74) is 0. The van der Waals surface area contributed by atoms with E-state index in [1.165, 1.54) is 12.8 Å². The van der Waals surface area contributed by atoms with Crippen LogP contribution in [0.5, 0.6) is 0 Å². The molecule has 0 radical (unpaired) electrons. The van der Waals surface area contributed by atoms with Crippen LogP contribution in [0.1, 0.15) is 19.3 Å². The Kier molecular flexibility index (Phi) is 0.954. The SMILES string of the molecule is O=C(NC1CC1)C1[C@@H]2[C@H]3C4CC5[C@H]3[C@H]5[C@H]4[C@@H]12. The Morgan fingerprint density at radius 1 is 0.875 bits per heavy atom. The standard InChI is InChI=1S/C14H17NO/c16-14(15-4-1-2-4)13-11-9-6-3-5-7(9)8(5)10(6)12(11)13/h4-13H,1-3H2,(H,15,16)/t5?,6?,7-,8-,9-,10-,11+,12+,13?/m0/s1. The molecule has 0 saturated heterocycles. The topological polar surface area (TPSA) is 29.1 Å². The Balaban J connectivity index is 1.30. The van der Waals surface area contributed by atoms with E-state index in [2.05, 4.69) is 5.32 Å². The molecular formula is C14H17NO. The monoisotopic (exact) mass is 215 g/mol. The van der Waals surface area contributed by atoms with Crippen LogP contribution < -0.4 is 5.32 Å². The number of hydrogen-bond acceptors (Lipinski definition) is 1. The molecular weight excluding hydrogens is 198 g/mol. The number of carbonyl (C=O) groups excluding carboxylic acids is 1. The van der Waals surface area contributed by atoms with Crippen molar-refractivity contribution in [1.29, 1.82) is 0 Å². The first-order valence-electron chi connectivity index (χ1n) is 7.16. The number of hydrogen-bond donors (Lipinski definition) is 1. The number of carbonyl (C=O) groups is 1. The molecule has 0 aromatic carbocycles. The molecule has 0 aromatic heterocycles. The summed E-state index contributed by atoms with van der Waals surface area (Å²) in [6.07, 6.45) is 4.02. The zero-order valence-electron chi connectivity index (χ0n) is 9.30. The second-order valence-electron chi connectivity index (χ2n) is 7.34. The molecule has 7 fully saturated rings. The van der Waals surface area contributed by atoms with Gasteiger partial charge in [0.2, 0.25) is 5.91 Å². The lowest BCUT2D eigenvalue weighted by molar-refractivity contribution is -0.123. The zero-order chi connectivity index (χ0) is 10.2. The van der Waals surface area contributed by atoms with Gasteiger partial charge in [-0.2, -0.15) is 0 Å². The molecule has 6 atom stereocenters. The van der Waals surface area contributed by atoms with Gasteiger partial charge in [-0.25, -0.2) is 0 Å². The molecule has 7 saturated carbocycles. The highest BCUT2D eigenvalue weighted by atomic mass is 16.2. The molecule has 2 nitrogen and oxygen atoms in total. The third-order valence-electron chi connectivity index (χ3n) is 6.96. The summed E-state index contributed by atoms with van der Waals surface area (Å²) in [5, 5.41) is 3.23. The maximum absolute atomic E-state index is 12.1. The lowest BCUT2D eigenvalue weighted by atomic mass is 9.91. The van der Waals surface area contributed by atoms with Crippen LogP contribution in [0, 0.1) is 53.3 Å². The van der Waals surface area contributed by atoms with Crippen LogP contribution in [-0.2, 0) is 4.79 Å². The zero-order valence-corrected chi connectivity index (χ0v) is 9.30. The van der Waals surface area contributed by atoms with Crippen molar-refractivity contribution < 1.29 is 4.79 Å². The van der Waals surface area contributed by atoms with Gasteiger partial charge in [-0.15, -0.1) is 0 Å². The van der Waals surface area contributed by atoms with E-state index in [4.69, 9.17) is 0 Å². The molecule has 0 unspecified atom stereocenters. The smallest absolute Gasteiger partial charge is 0.223 e. The minimum absolute atomic E-state index is 0.436. The molecule has 1 amide bonds. The van der Waals surface area contributed by atoms with Crippen LogP contribution in [0.4, 0.5) is 0 Å². The number of amides is 1. The molecule has 0 spiro atoms. The number of fused-ring (bicyclic) bond motifs is 1. The van der Waals surface area contributed by atoms with E-state index in [0.29, 0.717) is 17.9 Å². The summed E-state index contributed by atoms with van der Waals surface area (Å²) in [6, 6.07) is 0.565. The summed E-state index contributed by atoms with van der Waals surface area (Å²) in [5.74, 6) is 9.07. The Bertz CT molecular complexity index is 404. The molecule has 16 heavy (non-hydrogen) atoms. The Morgan fingerprint density at radius 3 is 1.94 bits per heavy atom. The molecule has 7 rings (SSSR count). The van der Waals surface area contributed by atoms with E-state index < -0.39 is 0 Å². The average Bonchev–Trinajstić information content (AvgIpc) is 3.22. The van der Waals surface area contributed by atoms with E-state index in [-0.39, 0.29) is 0 Å². The highest BCUT2D eigenvalue weighted by Crippen LogP contribution is 2.89. The van der Waals surface area contributed by atoms with Crippen LogP contribution in [0.25, 0.3) is 0 Å². The first kappa shape index (κ1) is 7.73. The van der Waals surface area contributed by atoms with Gasteiger partial charge in [0, 0.05) is 12.0 Å². The fourth-order valence-corrected chi connectivity index (χ4v) is 6.59. The predicted octanol–water partition coefficient (Wildman–Crippen LogP) is 1.27. The van der Waals surface area contributed by atoms with Crippen LogP contribution in [0.2, 0.25) is 0 Å². The lowest BCUT2D eigenvalue weighted by Crippen LogP contribution is -2.30. The summed E-state index contributed by atoms with van der Waals surface area (Å²) >= 11 is 0. The summed E-state index contributed by atoms with van der Waals surface area (Å²) in [6.45, 7) is 0. The van der Waals surface area contributed by atoms with Crippen LogP contribution in [0.3, 0.4) is 0 Å². The molecule has 0 heterocycles. The first-order valence-corrected chi connectivity index (χ1v) is 7.16. The van der Waals surface area contributed by atoms with Crippen molar-refractivity contribution in [2.24, 2.45) is 53.3 Å². The van der Waals surface area contributed by atoms with Crippen LogP contribution >= 0.6 is 0 Å². The van der Waals surface area contributed by atoms with Gasteiger partial charge in [-0.1, -0.05) is 0 Å². The molecule has 2 heteroatoms. The van der Waals surface area contributed by atoms with Crippen LogP contribution in [0.15, 0.2) is 0 Å². The molecule has 1 N–H and O–H groups in total. The van der Waals surface area contributed by atoms with Crippen molar-refractivity contribution in [1.82, 2.24) is 5.32 Å². The van der Waals surface area contributed by atoms with Gasteiger partial charge in [0.1, 0.15) is 0 Å². The molecule has 6 bridgehead atoms. The highest BCUT2D eigenvalue weighted by molar-refractivity contribution is 5.83. The van der Waals surface area contributed by atoms with E-state index in [1.807, 2.05) is 0 Å². The predicted molar refractivity (Wildman–Crippen MR) is 57.2 cm³/mol. The Labute approximate surface area is 95.2 Å². The first-order chi connectivity index (χ1) is 7.86. The number of nitrogens with one attached hydrogen (secondary N) is 1. The number of rotatable bonds is 2. The molecule has 7 aliphatic rings. The van der Waals surface area contributed by atoms with Crippen molar-refractivity contribution in [3.8, 4) is 0 Å².